The number of hydrogen-bond donors (Lipinski definition) is 3. The molecule has 0 aromatic heterocycles. The summed E-state index contributed by atoms with van der Waals surface area (Å²) < 4.78 is 4.87. The minimum Gasteiger partial charge on any atom is -0.465 e. The van der Waals surface area contributed by atoms with Gasteiger partial charge >= 0.3 is 6.09 Å². The van der Waals surface area contributed by atoms with E-state index in [0.29, 0.717) is 0 Å². The molecular formula is C6H13NO4. The van der Waals surface area contributed by atoms with Gasteiger partial charge in [0, 0.05) is 6.54 Å². The van der Waals surface area contributed by atoms with Crippen molar-refractivity contribution >= 4 is 6.09 Å². The number of amides is 1. The number of rotatable bonds is 5. The molecule has 1 amide bonds. The zero-order chi connectivity index (χ0) is 8.69. The van der Waals surface area contributed by atoms with Gasteiger partial charge in [0.25, 0.3) is 0 Å². The van der Waals surface area contributed by atoms with E-state index in [2.05, 4.69) is 5.32 Å². The Morgan fingerprint density at radius 3 is 2.82 bits per heavy atom. The highest BCUT2D eigenvalue weighted by molar-refractivity contribution is 5.64. The van der Waals surface area contributed by atoms with Crippen LogP contribution in [0.5, 0.6) is 0 Å². The summed E-state index contributed by atoms with van der Waals surface area (Å²) in [6, 6.07) is 0. The van der Waals surface area contributed by atoms with Gasteiger partial charge in [0.15, 0.2) is 0 Å². The average Bonchev–Trinajstić information content (AvgIpc) is 1.85. The average molecular weight is 163 g/mol. The molecule has 0 saturated carbocycles. The fraction of sp³-hybridized carbons (Fsp3) is 0.833. The number of nitrogens with one attached hydrogen (secondary N) is 1. The summed E-state index contributed by atoms with van der Waals surface area (Å²) in [6.07, 6.45) is -1.56. The van der Waals surface area contributed by atoms with Crippen LogP contribution in [0.3, 0.4) is 0 Å². The van der Waals surface area contributed by atoms with Crippen molar-refractivity contribution in [3.8, 4) is 0 Å². The molecule has 0 aliphatic heterocycles. The number of ether oxygens (including phenoxy) is 1. The van der Waals surface area contributed by atoms with Crippen LogP contribution in [0.4, 0.5) is 4.79 Å². The standard InChI is InChI=1S/C6H13NO4/c1-5(8)4-11-3-2-7-6(9)10/h5,7-8H,2-4H2,1H3,(H,9,10). The number of carbonyl (C=O) groups is 1. The smallest absolute Gasteiger partial charge is 0.404 e. The Morgan fingerprint density at radius 1 is 1.73 bits per heavy atom. The molecule has 0 fully saturated rings. The van der Waals surface area contributed by atoms with Crippen molar-refractivity contribution in [3.05, 3.63) is 0 Å². The lowest BCUT2D eigenvalue weighted by Gasteiger charge is -2.05. The molecular weight excluding hydrogens is 150 g/mol. The maximum atomic E-state index is 9.88. The topological polar surface area (TPSA) is 78.8 Å². The number of carboxylic acid groups (broad SMARTS) is 1. The minimum atomic E-state index is -1.06. The third kappa shape index (κ3) is 9.19. The first-order valence-corrected chi connectivity index (χ1v) is 3.35. The van der Waals surface area contributed by atoms with Gasteiger partial charge in [-0.15, -0.1) is 0 Å². The van der Waals surface area contributed by atoms with Crippen LogP contribution in [0, 0.1) is 0 Å². The zero-order valence-electron chi connectivity index (χ0n) is 6.41. The maximum absolute atomic E-state index is 9.88. The largest absolute Gasteiger partial charge is 0.465 e. The van der Waals surface area contributed by atoms with E-state index in [4.69, 9.17) is 14.9 Å². The molecule has 66 valence electrons. The molecule has 5 nitrogen and oxygen atoms in total. The highest BCUT2D eigenvalue weighted by Crippen LogP contribution is 1.80. The lowest BCUT2D eigenvalue weighted by molar-refractivity contribution is 0.0477. The SMILES string of the molecule is CC(O)COCCNC(=O)O. The van der Waals surface area contributed by atoms with Crippen molar-refractivity contribution in [2.45, 2.75) is 13.0 Å². The van der Waals surface area contributed by atoms with Crippen LogP contribution < -0.4 is 5.32 Å². The first kappa shape index (κ1) is 10.2. The lowest BCUT2D eigenvalue weighted by atomic mass is 10.4. The quantitative estimate of drug-likeness (QED) is 0.484. The van der Waals surface area contributed by atoms with Gasteiger partial charge in [-0.2, -0.15) is 0 Å². The molecule has 0 radical (unpaired) electrons. The molecule has 0 rings (SSSR count). The molecule has 0 bridgehead atoms. The van der Waals surface area contributed by atoms with Crippen molar-refractivity contribution in [2.24, 2.45) is 0 Å². The second kappa shape index (κ2) is 5.94. The van der Waals surface area contributed by atoms with Gasteiger partial charge in [-0.1, -0.05) is 0 Å². The third-order valence-electron chi connectivity index (χ3n) is 0.882. The molecule has 0 heterocycles. The van der Waals surface area contributed by atoms with E-state index in [0.717, 1.165) is 0 Å². The van der Waals surface area contributed by atoms with Gasteiger partial charge in [-0.05, 0) is 6.92 Å². The second-order valence-electron chi connectivity index (χ2n) is 2.16. The summed E-state index contributed by atoms with van der Waals surface area (Å²) in [5.74, 6) is 0. The van der Waals surface area contributed by atoms with E-state index in [1.807, 2.05) is 0 Å². The minimum absolute atomic E-state index is 0.237. The van der Waals surface area contributed by atoms with Crippen LogP contribution in [0.15, 0.2) is 0 Å². The van der Waals surface area contributed by atoms with Crippen molar-refractivity contribution in [3.63, 3.8) is 0 Å². The van der Waals surface area contributed by atoms with E-state index in [-0.39, 0.29) is 19.8 Å². The van der Waals surface area contributed by atoms with E-state index in [9.17, 15) is 4.79 Å². The van der Waals surface area contributed by atoms with Crippen molar-refractivity contribution in [2.75, 3.05) is 19.8 Å². The monoisotopic (exact) mass is 163 g/mol. The normalized spacial score (nSPS) is 12.5. The van der Waals surface area contributed by atoms with Crippen LogP contribution in [-0.4, -0.2) is 42.2 Å². The Morgan fingerprint density at radius 2 is 2.36 bits per heavy atom. The van der Waals surface area contributed by atoms with Crippen LogP contribution in [0.25, 0.3) is 0 Å². The van der Waals surface area contributed by atoms with Gasteiger partial charge in [0.05, 0.1) is 19.3 Å². The molecule has 0 aliphatic carbocycles. The summed E-state index contributed by atoms with van der Waals surface area (Å²) in [4.78, 5) is 9.88. The molecule has 0 aromatic rings. The Balaban J connectivity index is 2.97. The number of hydrogen-bond acceptors (Lipinski definition) is 3. The molecule has 11 heavy (non-hydrogen) atoms. The molecule has 5 heteroatoms. The number of aliphatic hydroxyl groups excluding tert-OH is 1. The van der Waals surface area contributed by atoms with Gasteiger partial charge in [0.1, 0.15) is 0 Å². The Labute approximate surface area is 65.0 Å². The highest BCUT2D eigenvalue weighted by atomic mass is 16.5. The highest BCUT2D eigenvalue weighted by Gasteiger charge is 1.95. The Bertz CT molecular complexity index is 115. The summed E-state index contributed by atoms with van der Waals surface area (Å²) >= 11 is 0. The third-order valence-corrected chi connectivity index (χ3v) is 0.882. The summed E-state index contributed by atoms with van der Waals surface area (Å²) in [7, 11) is 0. The van der Waals surface area contributed by atoms with E-state index >= 15 is 0 Å². The lowest BCUT2D eigenvalue weighted by Crippen LogP contribution is -2.26. The van der Waals surface area contributed by atoms with E-state index in [1.165, 1.54) is 0 Å². The molecule has 0 aromatic carbocycles. The molecule has 3 N–H and O–H groups in total. The predicted molar refractivity (Wildman–Crippen MR) is 38.5 cm³/mol. The second-order valence-corrected chi connectivity index (χ2v) is 2.16. The maximum Gasteiger partial charge on any atom is 0.404 e. The summed E-state index contributed by atoms with van der Waals surface area (Å²) in [6.45, 7) is 2.38. The Kier molecular flexibility index (Phi) is 5.50. The van der Waals surface area contributed by atoms with Gasteiger partial charge in [0.2, 0.25) is 0 Å². The van der Waals surface area contributed by atoms with Gasteiger partial charge < -0.3 is 20.3 Å². The van der Waals surface area contributed by atoms with Crippen molar-refractivity contribution in [1.29, 1.82) is 0 Å². The zero-order valence-corrected chi connectivity index (χ0v) is 6.41. The van der Waals surface area contributed by atoms with Crippen molar-refractivity contribution < 1.29 is 19.7 Å². The van der Waals surface area contributed by atoms with Gasteiger partial charge in [-0.25, -0.2) is 4.79 Å². The first-order chi connectivity index (χ1) is 5.13. The fourth-order valence-electron chi connectivity index (χ4n) is 0.484. The molecule has 1 unspecified atom stereocenters. The molecule has 0 aliphatic rings. The Hall–Kier alpha value is -0.810. The summed E-state index contributed by atoms with van der Waals surface area (Å²) in [5, 5.41) is 18.9. The van der Waals surface area contributed by atoms with Crippen LogP contribution in [-0.2, 0) is 4.74 Å². The molecule has 1 atom stereocenters. The van der Waals surface area contributed by atoms with Gasteiger partial charge in [-0.3, -0.25) is 0 Å². The van der Waals surface area contributed by atoms with E-state index in [1.54, 1.807) is 6.92 Å². The number of aliphatic hydroxyl groups is 1. The van der Waals surface area contributed by atoms with Crippen LogP contribution in [0.2, 0.25) is 0 Å². The van der Waals surface area contributed by atoms with E-state index < -0.39 is 12.2 Å². The summed E-state index contributed by atoms with van der Waals surface area (Å²) in [5.41, 5.74) is 0. The first-order valence-electron chi connectivity index (χ1n) is 3.35. The fourth-order valence-corrected chi connectivity index (χ4v) is 0.484. The van der Waals surface area contributed by atoms with Crippen LogP contribution in [0.1, 0.15) is 6.92 Å². The molecule has 0 spiro atoms. The predicted octanol–water partition coefficient (Wildman–Crippen LogP) is -0.349. The molecule has 0 saturated heterocycles. The van der Waals surface area contributed by atoms with Crippen molar-refractivity contribution in [1.82, 2.24) is 5.32 Å². The van der Waals surface area contributed by atoms with Crippen LogP contribution >= 0.6 is 0 Å².